The standard InChI is InChI=1S/C10H16F2N2O/c11-10(12)3-1-7(2-4-10)9(15)14-8-5-13-6-8/h7-8,13H,1-6H2,(H,14,15). The molecule has 2 rings (SSSR count). The lowest BCUT2D eigenvalue weighted by Crippen LogP contribution is -2.58. The molecule has 0 radical (unpaired) electrons. The van der Waals surface area contributed by atoms with Crippen LogP contribution in [0.1, 0.15) is 25.7 Å². The molecule has 0 spiro atoms. The Bertz CT molecular complexity index is 244. The minimum Gasteiger partial charge on any atom is -0.351 e. The SMILES string of the molecule is O=C(NC1CNC1)C1CCC(F)(F)CC1. The number of rotatable bonds is 2. The van der Waals surface area contributed by atoms with Crippen LogP contribution in [0.4, 0.5) is 8.78 Å². The molecule has 0 aromatic carbocycles. The van der Waals surface area contributed by atoms with E-state index in [-0.39, 0.29) is 30.7 Å². The molecule has 0 unspecified atom stereocenters. The smallest absolute Gasteiger partial charge is 0.248 e. The molecule has 0 aromatic rings. The Morgan fingerprint density at radius 2 is 1.87 bits per heavy atom. The summed E-state index contributed by atoms with van der Waals surface area (Å²) in [6.07, 6.45) is 0.347. The molecule has 86 valence electrons. The number of hydrogen-bond donors (Lipinski definition) is 2. The van der Waals surface area contributed by atoms with Gasteiger partial charge in [0.15, 0.2) is 0 Å². The van der Waals surface area contributed by atoms with Crippen molar-refractivity contribution in [3.05, 3.63) is 0 Å². The second kappa shape index (κ2) is 4.04. The van der Waals surface area contributed by atoms with E-state index in [2.05, 4.69) is 10.6 Å². The lowest BCUT2D eigenvalue weighted by atomic mass is 9.86. The molecule has 3 nitrogen and oxygen atoms in total. The summed E-state index contributed by atoms with van der Waals surface area (Å²) in [7, 11) is 0. The first-order valence-corrected chi connectivity index (χ1v) is 5.46. The van der Waals surface area contributed by atoms with Gasteiger partial charge in [0, 0.05) is 31.8 Å². The van der Waals surface area contributed by atoms with Gasteiger partial charge < -0.3 is 10.6 Å². The Hall–Kier alpha value is -0.710. The van der Waals surface area contributed by atoms with Gasteiger partial charge in [0.05, 0.1) is 6.04 Å². The normalized spacial score (nSPS) is 27.1. The van der Waals surface area contributed by atoms with Crippen molar-refractivity contribution < 1.29 is 13.6 Å². The van der Waals surface area contributed by atoms with Crippen LogP contribution in [0.5, 0.6) is 0 Å². The van der Waals surface area contributed by atoms with Gasteiger partial charge >= 0.3 is 0 Å². The lowest BCUT2D eigenvalue weighted by Gasteiger charge is -2.32. The highest BCUT2D eigenvalue weighted by atomic mass is 19.3. The molecule has 2 fully saturated rings. The molecule has 1 saturated heterocycles. The van der Waals surface area contributed by atoms with E-state index in [0.29, 0.717) is 12.8 Å². The van der Waals surface area contributed by atoms with Gasteiger partial charge in [-0.2, -0.15) is 0 Å². The maximum Gasteiger partial charge on any atom is 0.248 e. The van der Waals surface area contributed by atoms with Crippen LogP contribution in [-0.2, 0) is 4.79 Å². The number of carbonyl (C=O) groups is 1. The van der Waals surface area contributed by atoms with Gasteiger partial charge in [0.2, 0.25) is 11.8 Å². The second-order valence-electron chi connectivity index (χ2n) is 4.49. The summed E-state index contributed by atoms with van der Waals surface area (Å²) in [4.78, 5) is 11.6. The largest absolute Gasteiger partial charge is 0.351 e. The quantitative estimate of drug-likeness (QED) is 0.723. The van der Waals surface area contributed by atoms with E-state index in [0.717, 1.165) is 13.1 Å². The van der Waals surface area contributed by atoms with E-state index in [1.165, 1.54) is 0 Å². The molecule has 5 heteroatoms. The molecule has 1 saturated carbocycles. The van der Waals surface area contributed by atoms with Crippen LogP contribution >= 0.6 is 0 Å². The third-order valence-electron chi connectivity index (χ3n) is 3.22. The zero-order chi connectivity index (χ0) is 10.9. The minimum absolute atomic E-state index is 0.0444. The highest BCUT2D eigenvalue weighted by Crippen LogP contribution is 2.36. The van der Waals surface area contributed by atoms with Gasteiger partial charge in [-0.05, 0) is 12.8 Å². The first-order chi connectivity index (χ1) is 7.07. The van der Waals surface area contributed by atoms with Crippen molar-refractivity contribution in [3.63, 3.8) is 0 Å². The second-order valence-corrected chi connectivity index (χ2v) is 4.49. The number of halogens is 2. The highest BCUT2D eigenvalue weighted by Gasteiger charge is 2.37. The molecular formula is C10H16F2N2O. The molecule has 1 heterocycles. The number of alkyl halides is 2. The van der Waals surface area contributed by atoms with Crippen LogP contribution in [0, 0.1) is 5.92 Å². The summed E-state index contributed by atoms with van der Waals surface area (Å²) >= 11 is 0. The average Bonchev–Trinajstić information content (AvgIpc) is 2.11. The fourth-order valence-corrected chi connectivity index (χ4v) is 2.01. The van der Waals surface area contributed by atoms with Crippen molar-refractivity contribution in [1.29, 1.82) is 0 Å². The summed E-state index contributed by atoms with van der Waals surface area (Å²) in [5, 5.41) is 5.91. The van der Waals surface area contributed by atoms with E-state index < -0.39 is 5.92 Å². The Kier molecular flexibility index (Phi) is 2.91. The highest BCUT2D eigenvalue weighted by molar-refractivity contribution is 5.79. The van der Waals surface area contributed by atoms with E-state index in [4.69, 9.17) is 0 Å². The molecule has 15 heavy (non-hydrogen) atoms. The summed E-state index contributed by atoms with van der Waals surface area (Å²) in [5.74, 6) is -2.79. The lowest BCUT2D eigenvalue weighted by molar-refractivity contribution is -0.130. The minimum atomic E-state index is -2.55. The fraction of sp³-hybridized carbons (Fsp3) is 0.900. The predicted octanol–water partition coefficient (Wildman–Crippen LogP) is 0.900. The van der Waals surface area contributed by atoms with Gasteiger partial charge in [0.1, 0.15) is 0 Å². The van der Waals surface area contributed by atoms with Crippen LogP contribution < -0.4 is 10.6 Å². The maximum absolute atomic E-state index is 12.8. The van der Waals surface area contributed by atoms with Crippen LogP contribution in [0.15, 0.2) is 0 Å². The van der Waals surface area contributed by atoms with Crippen molar-refractivity contribution in [2.45, 2.75) is 37.6 Å². The topological polar surface area (TPSA) is 41.1 Å². The van der Waals surface area contributed by atoms with Crippen LogP contribution in [-0.4, -0.2) is 31.0 Å². The van der Waals surface area contributed by atoms with Crippen molar-refractivity contribution in [3.8, 4) is 0 Å². The summed E-state index contributed by atoms with van der Waals surface area (Å²) in [6.45, 7) is 1.60. The van der Waals surface area contributed by atoms with Gasteiger partial charge in [-0.15, -0.1) is 0 Å². The number of nitrogens with one attached hydrogen (secondary N) is 2. The molecule has 0 bridgehead atoms. The summed E-state index contributed by atoms with van der Waals surface area (Å²) in [6, 6.07) is 0.208. The van der Waals surface area contributed by atoms with Crippen molar-refractivity contribution in [1.82, 2.24) is 10.6 Å². The Balaban J connectivity index is 1.76. The zero-order valence-corrected chi connectivity index (χ0v) is 8.56. The van der Waals surface area contributed by atoms with E-state index in [1.807, 2.05) is 0 Å². The molecule has 1 amide bonds. The maximum atomic E-state index is 12.8. The molecule has 1 aliphatic heterocycles. The molecule has 2 N–H and O–H groups in total. The Morgan fingerprint density at radius 3 is 2.33 bits per heavy atom. The average molecular weight is 218 g/mol. The van der Waals surface area contributed by atoms with Crippen LogP contribution in [0.3, 0.4) is 0 Å². The van der Waals surface area contributed by atoms with Crippen LogP contribution in [0.25, 0.3) is 0 Å². The number of amides is 1. The van der Waals surface area contributed by atoms with E-state index >= 15 is 0 Å². The number of carbonyl (C=O) groups excluding carboxylic acids is 1. The van der Waals surface area contributed by atoms with Crippen LogP contribution in [0.2, 0.25) is 0 Å². The van der Waals surface area contributed by atoms with Crippen molar-refractivity contribution in [2.24, 2.45) is 5.92 Å². The van der Waals surface area contributed by atoms with Crippen molar-refractivity contribution >= 4 is 5.91 Å². The summed E-state index contributed by atoms with van der Waals surface area (Å²) < 4.78 is 25.7. The van der Waals surface area contributed by atoms with Gasteiger partial charge in [-0.3, -0.25) is 4.79 Å². The zero-order valence-electron chi connectivity index (χ0n) is 8.56. The first kappa shape index (κ1) is 10.8. The molecule has 0 aromatic heterocycles. The first-order valence-electron chi connectivity index (χ1n) is 5.46. The van der Waals surface area contributed by atoms with E-state index in [1.54, 1.807) is 0 Å². The number of hydrogen-bond acceptors (Lipinski definition) is 2. The Labute approximate surface area is 87.6 Å². The molecule has 0 atom stereocenters. The monoisotopic (exact) mass is 218 g/mol. The Morgan fingerprint density at radius 1 is 1.27 bits per heavy atom. The molecule has 2 aliphatic rings. The van der Waals surface area contributed by atoms with Crippen molar-refractivity contribution in [2.75, 3.05) is 13.1 Å². The molecular weight excluding hydrogens is 202 g/mol. The third kappa shape index (κ3) is 2.65. The van der Waals surface area contributed by atoms with Gasteiger partial charge in [0.25, 0.3) is 0 Å². The predicted molar refractivity (Wildman–Crippen MR) is 51.7 cm³/mol. The van der Waals surface area contributed by atoms with Gasteiger partial charge in [-0.25, -0.2) is 8.78 Å². The third-order valence-corrected chi connectivity index (χ3v) is 3.22. The summed E-state index contributed by atoms with van der Waals surface area (Å²) in [5.41, 5.74) is 0. The fourth-order valence-electron chi connectivity index (χ4n) is 2.01. The molecule has 1 aliphatic carbocycles. The van der Waals surface area contributed by atoms with Gasteiger partial charge in [-0.1, -0.05) is 0 Å². The van der Waals surface area contributed by atoms with E-state index in [9.17, 15) is 13.6 Å².